The van der Waals surface area contributed by atoms with Crippen molar-refractivity contribution in [1.82, 2.24) is 9.88 Å². The van der Waals surface area contributed by atoms with Crippen LogP contribution in [0, 0.1) is 17.0 Å². The van der Waals surface area contributed by atoms with Gasteiger partial charge in [-0.3, -0.25) is 4.98 Å². The first-order chi connectivity index (χ1) is 14.5. The van der Waals surface area contributed by atoms with Crippen LogP contribution in [0.15, 0.2) is 54.7 Å². The van der Waals surface area contributed by atoms with Crippen LogP contribution in [-0.2, 0) is 0 Å². The van der Waals surface area contributed by atoms with E-state index in [1.807, 2.05) is 17.2 Å². The van der Waals surface area contributed by atoms with Crippen LogP contribution in [0.2, 0.25) is 0 Å². The fourth-order valence-electron chi connectivity index (χ4n) is 5.00. The number of fused-ring (bicyclic) bond motifs is 1. The van der Waals surface area contributed by atoms with Crippen molar-refractivity contribution >= 4 is 22.6 Å². The number of hydrogen-bond donors (Lipinski definition) is 1. The zero-order valence-corrected chi connectivity index (χ0v) is 16.6. The Morgan fingerprint density at radius 1 is 1.00 bits per heavy atom. The summed E-state index contributed by atoms with van der Waals surface area (Å²) >= 11 is 0. The summed E-state index contributed by atoms with van der Waals surface area (Å²) in [5.74, 6) is -0.159. The molecule has 4 nitrogen and oxygen atoms in total. The smallest absolute Gasteiger partial charge is 0.321 e. The first-order valence-corrected chi connectivity index (χ1v) is 10.4. The number of carbonyl (C=O) groups excluding carboxylic acids is 1. The second-order valence-electron chi connectivity index (χ2n) is 8.63. The number of pyridine rings is 1. The maximum absolute atomic E-state index is 13.8. The fourth-order valence-corrected chi connectivity index (χ4v) is 5.00. The van der Waals surface area contributed by atoms with Crippen molar-refractivity contribution in [1.29, 1.82) is 0 Å². The minimum Gasteiger partial charge on any atom is -0.323 e. The van der Waals surface area contributed by atoms with E-state index >= 15 is 0 Å². The maximum atomic E-state index is 13.8. The molecule has 2 fully saturated rings. The maximum Gasteiger partial charge on any atom is 0.321 e. The van der Waals surface area contributed by atoms with E-state index in [1.54, 1.807) is 24.3 Å². The summed E-state index contributed by atoms with van der Waals surface area (Å²) in [6, 6.07) is 12.5. The highest BCUT2D eigenvalue weighted by molar-refractivity contribution is 5.90. The highest BCUT2D eigenvalue weighted by Crippen LogP contribution is 2.49. The van der Waals surface area contributed by atoms with Gasteiger partial charge in [-0.05, 0) is 85.7 Å². The van der Waals surface area contributed by atoms with Crippen molar-refractivity contribution in [3.05, 3.63) is 71.9 Å². The number of likely N-dealkylation sites (tertiary alicyclic amines) is 1. The van der Waals surface area contributed by atoms with Crippen LogP contribution in [0.1, 0.15) is 37.2 Å². The number of benzene rings is 2. The lowest BCUT2D eigenvalue weighted by atomic mass is 9.64. The van der Waals surface area contributed by atoms with E-state index in [4.69, 9.17) is 0 Å². The van der Waals surface area contributed by atoms with Gasteiger partial charge in [-0.15, -0.1) is 0 Å². The Kier molecular flexibility index (Phi) is 4.65. The van der Waals surface area contributed by atoms with E-state index in [-0.39, 0.29) is 23.1 Å². The van der Waals surface area contributed by atoms with Gasteiger partial charge >= 0.3 is 6.03 Å². The van der Waals surface area contributed by atoms with Gasteiger partial charge in [-0.25, -0.2) is 13.6 Å². The molecule has 0 atom stereocenters. The molecule has 3 aromatic rings. The largest absolute Gasteiger partial charge is 0.323 e. The van der Waals surface area contributed by atoms with E-state index in [9.17, 15) is 13.6 Å². The lowest BCUT2D eigenvalue weighted by Gasteiger charge is -2.53. The number of carbonyl (C=O) groups is 1. The van der Waals surface area contributed by atoms with E-state index in [0.29, 0.717) is 11.6 Å². The van der Waals surface area contributed by atoms with Gasteiger partial charge in [0, 0.05) is 35.8 Å². The van der Waals surface area contributed by atoms with Crippen LogP contribution in [0.5, 0.6) is 0 Å². The Balaban J connectivity index is 1.21. The zero-order valence-electron chi connectivity index (χ0n) is 16.6. The zero-order chi connectivity index (χ0) is 20.7. The molecule has 0 unspecified atom stereocenters. The molecule has 1 spiro atoms. The Labute approximate surface area is 173 Å². The third-order valence-corrected chi connectivity index (χ3v) is 6.66. The number of urea groups is 1. The second-order valence-corrected chi connectivity index (χ2v) is 8.63. The molecule has 1 aliphatic heterocycles. The summed E-state index contributed by atoms with van der Waals surface area (Å²) in [7, 11) is 0. The molecule has 1 saturated heterocycles. The first kappa shape index (κ1) is 19.0. The van der Waals surface area contributed by atoms with Gasteiger partial charge in [0.15, 0.2) is 0 Å². The summed E-state index contributed by atoms with van der Waals surface area (Å²) in [6.45, 7) is 1.50. The Hall–Kier alpha value is -3.02. The highest BCUT2D eigenvalue weighted by Gasteiger charge is 2.47. The van der Waals surface area contributed by atoms with E-state index < -0.39 is 0 Å². The monoisotopic (exact) mass is 407 g/mol. The van der Waals surface area contributed by atoms with Crippen LogP contribution < -0.4 is 5.32 Å². The molecule has 2 amide bonds. The SMILES string of the molecule is O=C(Nc1ccc(F)cc1)N1CC2(CCC(c3ccnc4ccc(F)cc34)CC2)C1. The van der Waals surface area contributed by atoms with E-state index in [0.717, 1.165) is 49.7 Å². The fraction of sp³-hybridized carbons (Fsp3) is 0.333. The number of amides is 2. The van der Waals surface area contributed by atoms with Crippen molar-refractivity contribution in [3.8, 4) is 0 Å². The van der Waals surface area contributed by atoms with Crippen molar-refractivity contribution in [2.45, 2.75) is 31.6 Å². The molecular weight excluding hydrogens is 384 g/mol. The van der Waals surface area contributed by atoms with Crippen LogP contribution in [0.25, 0.3) is 10.9 Å². The number of aromatic nitrogens is 1. The van der Waals surface area contributed by atoms with Crippen molar-refractivity contribution in [2.24, 2.45) is 5.41 Å². The second kappa shape index (κ2) is 7.35. The Bertz CT molecular complexity index is 1080. The molecule has 1 aromatic heterocycles. The summed E-state index contributed by atoms with van der Waals surface area (Å²) in [6.07, 6.45) is 5.98. The predicted molar refractivity (Wildman–Crippen MR) is 112 cm³/mol. The molecule has 2 heterocycles. The summed E-state index contributed by atoms with van der Waals surface area (Å²) in [5, 5.41) is 3.74. The molecule has 6 heteroatoms. The van der Waals surface area contributed by atoms with Crippen LogP contribution in [0.3, 0.4) is 0 Å². The molecule has 0 radical (unpaired) electrons. The summed E-state index contributed by atoms with van der Waals surface area (Å²) in [5.41, 5.74) is 2.80. The molecule has 1 N–H and O–H groups in total. The molecule has 5 rings (SSSR count). The van der Waals surface area contributed by atoms with Crippen molar-refractivity contribution in [2.75, 3.05) is 18.4 Å². The average molecular weight is 407 g/mol. The van der Waals surface area contributed by atoms with Gasteiger partial charge < -0.3 is 10.2 Å². The Morgan fingerprint density at radius 2 is 1.70 bits per heavy atom. The average Bonchev–Trinajstić information content (AvgIpc) is 2.73. The molecule has 1 aliphatic carbocycles. The molecule has 2 aliphatic rings. The molecule has 2 aromatic carbocycles. The van der Waals surface area contributed by atoms with E-state index in [1.165, 1.54) is 23.8 Å². The lowest BCUT2D eigenvalue weighted by molar-refractivity contribution is 0.000762. The predicted octanol–water partition coefficient (Wildman–Crippen LogP) is 5.70. The topological polar surface area (TPSA) is 45.2 Å². The number of anilines is 1. The molecule has 30 heavy (non-hydrogen) atoms. The number of rotatable bonds is 2. The first-order valence-electron chi connectivity index (χ1n) is 10.4. The van der Waals surface area contributed by atoms with Gasteiger partial charge in [-0.2, -0.15) is 0 Å². The summed E-state index contributed by atoms with van der Waals surface area (Å²) in [4.78, 5) is 18.6. The summed E-state index contributed by atoms with van der Waals surface area (Å²) < 4.78 is 26.8. The Morgan fingerprint density at radius 3 is 2.43 bits per heavy atom. The third-order valence-electron chi connectivity index (χ3n) is 6.66. The molecule has 1 saturated carbocycles. The molecular formula is C24H23F2N3O. The van der Waals surface area contributed by atoms with Crippen molar-refractivity contribution < 1.29 is 13.6 Å². The quantitative estimate of drug-likeness (QED) is 0.592. The minimum atomic E-state index is -0.322. The minimum absolute atomic E-state index is 0.134. The van der Waals surface area contributed by atoms with Crippen LogP contribution in [0.4, 0.5) is 19.3 Å². The number of nitrogens with zero attached hydrogens (tertiary/aromatic N) is 2. The van der Waals surface area contributed by atoms with Crippen molar-refractivity contribution in [3.63, 3.8) is 0 Å². The van der Waals surface area contributed by atoms with Gasteiger partial charge in [0.2, 0.25) is 0 Å². The van der Waals surface area contributed by atoms with Gasteiger partial charge in [0.25, 0.3) is 0 Å². The number of hydrogen-bond acceptors (Lipinski definition) is 2. The molecule has 154 valence electrons. The number of nitrogens with one attached hydrogen (secondary N) is 1. The van der Waals surface area contributed by atoms with Crippen LogP contribution >= 0.6 is 0 Å². The normalized spacial score (nSPS) is 18.4. The number of halogens is 2. The molecule has 0 bridgehead atoms. The highest BCUT2D eigenvalue weighted by atomic mass is 19.1. The standard InChI is InChI=1S/C24H23F2N3O/c25-17-1-4-19(5-2-17)28-23(30)29-14-24(15-29)10-7-16(8-11-24)20-9-12-27-22-6-3-18(26)13-21(20)22/h1-6,9,12-13,16H,7-8,10-11,14-15H2,(H,28,30). The lowest BCUT2D eigenvalue weighted by Crippen LogP contribution is -2.60. The van der Waals surface area contributed by atoms with Gasteiger partial charge in [0.1, 0.15) is 11.6 Å². The third kappa shape index (κ3) is 3.51. The van der Waals surface area contributed by atoms with E-state index in [2.05, 4.69) is 10.3 Å². The van der Waals surface area contributed by atoms with Gasteiger partial charge in [-0.1, -0.05) is 0 Å². The van der Waals surface area contributed by atoms with Gasteiger partial charge in [0.05, 0.1) is 5.52 Å². The van der Waals surface area contributed by atoms with Crippen LogP contribution in [-0.4, -0.2) is 29.0 Å².